The molecule has 4 fully saturated rings. The fraction of sp³-hybridized carbons (Fsp3) is 0.909. The van der Waals surface area contributed by atoms with Gasteiger partial charge in [0.05, 0.1) is 12.1 Å². The molecule has 2 aliphatic heterocycles. The summed E-state index contributed by atoms with van der Waals surface area (Å²) in [6.07, 6.45) is -0.260. The Morgan fingerprint density at radius 3 is 2.60 bits per heavy atom. The fourth-order valence-electron chi connectivity index (χ4n) is 3.31. The average molecular weight is 211 g/mol. The molecule has 0 aromatic heterocycles. The van der Waals surface area contributed by atoms with Crippen LogP contribution in [0.1, 0.15) is 20.8 Å². The lowest BCUT2D eigenvalue weighted by molar-refractivity contribution is 0.0118. The molecule has 15 heavy (non-hydrogen) atoms. The molecule has 1 amide bonds. The lowest BCUT2D eigenvalue weighted by Crippen LogP contribution is -2.44. The maximum absolute atomic E-state index is 11.9. The van der Waals surface area contributed by atoms with E-state index in [2.05, 4.69) is 0 Å². The summed E-state index contributed by atoms with van der Waals surface area (Å²) in [4.78, 5) is 13.6. The Morgan fingerprint density at radius 2 is 2.13 bits per heavy atom. The van der Waals surface area contributed by atoms with Crippen LogP contribution in [0, 0.1) is 17.8 Å². The highest BCUT2D eigenvalue weighted by atomic mass is 16.6. The monoisotopic (exact) mass is 211 g/mol. The second kappa shape index (κ2) is 2.32. The van der Waals surface area contributed by atoms with Crippen LogP contribution in [0.5, 0.6) is 0 Å². The molecule has 2 aliphatic carbocycles. The highest BCUT2D eigenvalue weighted by molar-refractivity contribution is 5.73. The van der Waals surface area contributed by atoms with E-state index in [1.54, 1.807) is 4.90 Å². The molecule has 4 nitrogen and oxygen atoms in total. The van der Waals surface area contributed by atoms with Crippen LogP contribution in [-0.2, 0) is 4.74 Å². The average Bonchev–Trinajstić information content (AvgIpc) is 2.89. The molecule has 2 unspecified atom stereocenters. The summed E-state index contributed by atoms with van der Waals surface area (Å²) >= 11 is 0. The Kier molecular flexibility index (Phi) is 1.46. The highest BCUT2D eigenvalue weighted by Gasteiger charge is 2.91. The van der Waals surface area contributed by atoms with Gasteiger partial charge in [0.1, 0.15) is 5.60 Å². The third-order valence-electron chi connectivity index (χ3n) is 3.98. The lowest BCUT2D eigenvalue weighted by atomic mass is 10.1. The van der Waals surface area contributed by atoms with E-state index in [9.17, 15) is 9.90 Å². The van der Waals surface area contributed by atoms with Gasteiger partial charge in [0.2, 0.25) is 0 Å². The Labute approximate surface area is 89.2 Å². The standard InChI is InChI=1S/C11H17NO3/c1-10(2,3)15-9(14)12-4-6-7-8(6)11(7,12)5-13/h6-8,13H,4-5H2,1-3H3. The Balaban J connectivity index is 1.71. The van der Waals surface area contributed by atoms with Crippen LogP contribution < -0.4 is 0 Å². The molecule has 2 saturated heterocycles. The summed E-state index contributed by atoms with van der Waals surface area (Å²) in [5, 5.41) is 9.35. The maximum atomic E-state index is 11.9. The number of piperidine rings is 1. The number of hydrogen-bond donors (Lipinski definition) is 1. The number of carbonyl (C=O) groups excluding carboxylic acids is 1. The zero-order valence-corrected chi connectivity index (χ0v) is 9.36. The number of ether oxygens (including phenoxy) is 1. The van der Waals surface area contributed by atoms with Crippen molar-refractivity contribution in [3.8, 4) is 0 Å². The molecular formula is C11H17NO3. The first-order chi connectivity index (χ1) is 6.92. The quantitative estimate of drug-likeness (QED) is 0.699. The van der Waals surface area contributed by atoms with Crippen molar-refractivity contribution >= 4 is 6.09 Å². The van der Waals surface area contributed by atoms with Crippen LogP contribution >= 0.6 is 0 Å². The Hall–Kier alpha value is -0.770. The summed E-state index contributed by atoms with van der Waals surface area (Å²) < 4.78 is 5.33. The Morgan fingerprint density at radius 1 is 1.53 bits per heavy atom. The topological polar surface area (TPSA) is 49.8 Å². The number of fused-ring (bicyclic) bond motifs is 1. The van der Waals surface area contributed by atoms with E-state index in [-0.39, 0.29) is 18.2 Å². The van der Waals surface area contributed by atoms with E-state index >= 15 is 0 Å². The molecule has 4 rings (SSSR count). The molecule has 2 bridgehead atoms. The van der Waals surface area contributed by atoms with Gasteiger partial charge in [-0.2, -0.15) is 0 Å². The van der Waals surface area contributed by atoms with E-state index in [0.29, 0.717) is 17.8 Å². The normalized spacial score (nSPS) is 45.1. The summed E-state index contributed by atoms with van der Waals surface area (Å²) in [7, 11) is 0. The van der Waals surface area contributed by atoms with Gasteiger partial charge in [0.15, 0.2) is 0 Å². The van der Waals surface area contributed by atoms with E-state index in [4.69, 9.17) is 4.74 Å². The van der Waals surface area contributed by atoms with Gasteiger partial charge in [-0.3, -0.25) is 4.90 Å². The predicted molar refractivity (Wildman–Crippen MR) is 53.2 cm³/mol. The van der Waals surface area contributed by atoms with Crippen molar-refractivity contribution < 1.29 is 14.6 Å². The lowest BCUT2D eigenvalue weighted by Gasteiger charge is -2.29. The highest BCUT2D eigenvalue weighted by Crippen LogP contribution is 2.82. The number of amides is 1. The minimum absolute atomic E-state index is 0.0953. The van der Waals surface area contributed by atoms with Gasteiger partial charge < -0.3 is 9.84 Å². The van der Waals surface area contributed by atoms with Crippen LogP contribution in [0.25, 0.3) is 0 Å². The molecule has 2 saturated carbocycles. The number of aliphatic hydroxyl groups excluding tert-OH is 1. The van der Waals surface area contributed by atoms with E-state index < -0.39 is 5.60 Å². The summed E-state index contributed by atoms with van der Waals surface area (Å²) in [5.74, 6) is 1.81. The first-order valence-corrected chi connectivity index (χ1v) is 5.53. The third-order valence-corrected chi connectivity index (χ3v) is 3.98. The number of hydrogen-bond acceptors (Lipinski definition) is 3. The van der Waals surface area contributed by atoms with Crippen molar-refractivity contribution in [2.24, 2.45) is 17.8 Å². The summed E-state index contributed by atoms with van der Waals surface area (Å²) in [6.45, 7) is 6.47. The summed E-state index contributed by atoms with van der Waals surface area (Å²) in [6, 6.07) is 0. The van der Waals surface area contributed by atoms with E-state index in [1.165, 1.54) is 0 Å². The van der Waals surface area contributed by atoms with Gasteiger partial charge in [-0.25, -0.2) is 4.79 Å². The molecule has 84 valence electrons. The van der Waals surface area contributed by atoms with E-state index in [1.807, 2.05) is 20.8 Å². The van der Waals surface area contributed by atoms with Crippen molar-refractivity contribution in [3.63, 3.8) is 0 Å². The number of aliphatic hydroxyl groups is 1. The SMILES string of the molecule is CC(C)(C)OC(=O)N1CC2C3C2C31CO. The van der Waals surface area contributed by atoms with Crippen LogP contribution in [0.3, 0.4) is 0 Å². The molecule has 2 atom stereocenters. The van der Waals surface area contributed by atoms with Crippen molar-refractivity contribution in [3.05, 3.63) is 0 Å². The molecule has 1 N–H and O–H groups in total. The molecule has 0 aromatic carbocycles. The first kappa shape index (κ1) is 9.46. The predicted octanol–water partition coefficient (Wildman–Crippen LogP) is 0.844. The first-order valence-electron chi connectivity index (χ1n) is 5.53. The van der Waals surface area contributed by atoms with Crippen LogP contribution in [-0.4, -0.2) is 40.4 Å². The second-order valence-corrected chi connectivity index (χ2v) is 5.96. The van der Waals surface area contributed by atoms with Crippen LogP contribution in [0.4, 0.5) is 4.79 Å². The fourth-order valence-corrected chi connectivity index (χ4v) is 3.31. The molecule has 4 heteroatoms. The largest absolute Gasteiger partial charge is 0.444 e. The summed E-state index contributed by atoms with van der Waals surface area (Å²) in [5.41, 5.74) is -0.664. The van der Waals surface area contributed by atoms with Gasteiger partial charge >= 0.3 is 6.09 Å². The molecular weight excluding hydrogens is 194 g/mol. The molecule has 4 aliphatic rings. The molecule has 2 heterocycles. The van der Waals surface area contributed by atoms with E-state index in [0.717, 1.165) is 6.54 Å². The molecule has 0 radical (unpaired) electrons. The minimum Gasteiger partial charge on any atom is -0.444 e. The molecule has 0 aromatic rings. The maximum Gasteiger partial charge on any atom is 0.410 e. The van der Waals surface area contributed by atoms with Crippen LogP contribution in [0.2, 0.25) is 0 Å². The number of carbonyl (C=O) groups is 1. The smallest absolute Gasteiger partial charge is 0.410 e. The van der Waals surface area contributed by atoms with Crippen molar-refractivity contribution in [2.45, 2.75) is 31.9 Å². The van der Waals surface area contributed by atoms with Gasteiger partial charge in [0, 0.05) is 6.54 Å². The van der Waals surface area contributed by atoms with Gasteiger partial charge in [-0.15, -0.1) is 0 Å². The second-order valence-electron chi connectivity index (χ2n) is 5.96. The number of nitrogens with zero attached hydrogens (tertiary/aromatic N) is 1. The Bertz CT molecular complexity index is 323. The zero-order chi connectivity index (χ0) is 11.0. The van der Waals surface area contributed by atoms with Crippen molar-refractivity contribution in [1.82, 2.24) is 4.90 Å². The van der Waals surface area contributed by atoms with Crippen molar-refractivity contribution in [1.29, 1.82) is 0 Å². The van der Waals surface area contributed by atoms with Gasteiger partial charge in [-0.1, -0.05) is 0 Å². The molecule has 0 spiro atoms. The van der Waals surface area contributed by atoms with Gasteiger partial charge in [-0.05, 0) is 38.5 Å². The number of rotatable bonds is 1. The third kappa shape index (κ3) is 0.982. The van der Waals surface area contributed by atoms with Gasteiger partial charge in [0.25, 0.3) is 0 Å². The minimum atomic E-state index is -0.448. The zero-order valence-electron chi connectivity index (χ0n) is 9.36. The van der Waals surface area contributed by atoms with Crippen LogP contribution in [0.15, 0.2) is 0 Å². The van der Waals surface area contributed by atoms with Crippen molar-refractivity contribution in [2.75, 3.05) is 13.2 Å².